The molecular weight excluding hydrogens is 176 g/mol. The topological polar surface area (TPSA) is 56.7 Å². The van der Waals surface area contributed by atoms with Gasteiger partial charge >= 0.3 is 0 Å². The van der Waals surface area contributed by atoms with Crippen LogP contribution in [0.15, 0.2) is 12.3 Å². The highest BCUT2D eigenvalue weighted by Gasteiger charge is 2.09. The fourth-order valence-corrected chi connectivity index (χ4v) is 1.81. The van der Waals surface area contributed by atoms with Crippen LogP contribution in [0.5, 0.6) is 0 Å². The van der Waals surface area contributed by atoms with E-state index in [2.05, 4.69) is 10.1 Å². The van der Waals surface area contributed by atoms with Crippen molar-refractivity contribution in [2.24, 2.45) is 12.8 Å². The van der Waals surface area contributed by atoms with E-state index >= 15 is 0 Å². The van der Waals surface area contributed by atoms with Crippen LogP contribution >= 0.6 is 0 Å². The van der Waals surface area contributed by atoms with Crippen molar-refractivity contribution in [1.82, 2.24) is 14.8 Å². The molecule has 0 aliphatic carbocycles. The highest BCUT2D eigenvalue weighted by molar-refractivity contribution is 5.83. The first-order valence-corrected chi connectivity index (χ1v) is 4.71. The van der Waals surface area contributed by atoms with Gasteiger partial charge in [0.1, 0.15) is 0 Å². The van der Waals surface area contributed by atoms with Gasteiger partial charge in [-0.2, -0.15) is 5.10 Å². The predicted octanol–water partition coefficient (Wildman–Crippen LogP) is 0.778. The maximum absolute atomic E-state index is 5.54. The van der Waals surface area contributed by atoms with Crippen LogP contribution in [-0.4, -0.2) is 21.3 Å². The molecule has 0 saturated carbocycles. The second-order valence-electron chi connectivity index (χ2n) is 3.40. The van der Waals surface area contributed by atoms with Gasteiger partial charge in [-0.05, 0) is 19.5 Å². The largest absolute Gasteiger partial charge is 0.330 e. The number of nitrogens with zero attached hydrogens (tertiary/aromatic N) is 3. The van der Waals surface area contributed by atoms with Crippen molar-refractivity contribution in [3.63, 3.8) is 0 Å². The summed E-state index contributed by atoms with van der Waals surface area (Å²) < 4.78 is 1.88. The summed E-state index contributed by atoms with van der Waals surface area (Å²) in [6.07, 6.45) is 2.62. The van der Waals surface area contributed by atoms with E-state index in [-0.39, 0.29) is 0 Å². The molecule has 0 spiro atoms. The second-order valence-corrected chi connectivity index (χ2v) is 3.40. The molecule has 0 radical (unpaired) electrons. The average Bonchev–Trinajstić information content (AvgIpc) is 2.44. The summed E-state index contributed by atoms with van der Waals surface area (Å²) in [5, 5.41) is 5.52. The van der Waals surface area contributed by atoms with Gasteiger partial charge in [-0.25, -0.2) is 0 Å². The van der Waals surface area contributed by atoms with E-state index in [9.17, 15) is 0 Å². The van der Waals surface area contributed by atoms with Gasteiger partial charge in [0.2, 0.25) is 0 Å². The summed E-state index contributed by atoms with van der Waals surface area (Å²) in [7, 11) is 1.95. The van der Waals surface area contributed by atoms with Crippen molar-refractivity contribution in [3.05, 3.63) is 23.7 Å². The smallest absolute Gasteiger partial charge is 0.0715 e. The van der Waals surface area contributed by atoms with Crippen LogP contribution in [0.2, 0.25) is 0 Å². The van der Waals surface area contributed by atoms with Crippen LogP contribution in [-0.2, 0) is 13.5 Å². The molecule has 2 N–H and O–H groups in total. The lowest BCUT2D eigenvalue weighted by Gasteiger charge is -2.00. The minimum atomic E-state index is 0.625. The van der Waals surface area contributed by atoms with Crippen LogP contribution in [0.3, 0.4) is 0 Å². The van der Waals surface area contributed by atoms with Gasteiger partial charge < -0.3 is 5.73 Å². The maximum atomic E-state index is 5.54. The minimum absolute atomic E-state index is 0.625. The Kier molecular flexibility index (Phi) is 2.21. The third kappa shape index (κ3) is 1.28. The maximum Gasteiger partial charge on any atom is 0.0715 e. The monoisotopic (exact) mass is 190 g/mol. The van der Waals surface area contributed by atoms with Crippen LogP contribution < -0.4 is 5.73 Å². The fourth-order valence-electron chi connectivity index (χ4n) is 1.81. The normalized spacial score (nSPS) is 11.1. The van der Waals surface area contributed by atoms with Crippen molar-refractivity contribution < 1.29 is 0 Å². The first-order chi connectivity index (χ1) is 6.74. The Morgan fingerprint density at radius 1 is 1.50 bits per heavy atom. The molecule has 4 nitrogen and oxygen atoms in total. The van der Waals surface area contributed by atoms with E-state index in [4.69, 9.17) is 5.73 Å². The number of hydrogen-bond donors (Lipinski definition) is 1. The van der Waals surface area contributed by atoms with Gasteiger partial charge in [-0.3, -0.25) is 9.67 Å². The SMILES string of the molecule is Cc1nn(C)c2ccnc(CCN)c12. The number of aromatic nitrogens is 3. The molecular formula is C10H14N4. The summed E-state index contributed by atoms with van der Waals surface area (Å²) >= 11 is 0. The zero-order valence-electron chi connectivity index (χ0n) is 8.49. The molecule has 0 amide bonds. The number of hydrogen-bond acceptors (Lipinski definition) is 3. The van der Waals surface area contributed by atoms with Gasteiger partial charge in [0.25, 0.3) is 0 Å². The van der Waals surface area contributed by atoms with E-state index in [1.54, 1.807) is 0 Å². The van der Waals surface area contributed by atoms with Gasteiger partial charge in [0.05, 0.1) is 16.9 Å². The highest BCUT2D eigenvalue weighted by atomic mass is 15.3. The summed E-state index contributed by atoms with van der Waals surface area (Å²) in [4.78, 5) is 4.34. The quantitative estimate of drug-likeness (QED) is 0.761. The fraction of sp³-hybridized carbons (Fsp3) is 0.400. The van der Waals surface area contributed by atoms with Crippen molar-refractivity contribution in [2.75, 3.05) is 6.54 Å². The van der Waals surface area contributed by atoms with Crippen molar-refractivity contribution in [1.29, 1.82) is 0 Å². The van der Waals surface area contributed by atoms with Gasteiger partial charge in [-0.1, -0.05) is 0 Å². The zero-order chi connectivity index (χ0) is 10.1. The van der Waals surface area contributed by atoms with Gasteiger partial charge in [0, 0.05) is 25.1 Å². The Labute approximate surface area is 82.7 Å². The standard InChI is InChI=1S/C10H14N4/c1-7-10-8(3-5-11)12-6-4-9(10)14(2)13-7/h4,6H,3,5,11H2,1-2H3. The summed E-state index contributed by atoms with van der Waals surface area (Å²) in [5.41, 5.74) is 8.75. The Bertz CT molecular complexity index is 458. The molecule has 0 fully saturated rings. The molecule has 0 aromatic carbocycles. The van der Waals surface area contributed by atoms with E-state index in [0.717, 1.165) is 28.7 Å². The summed E-state index contributed by atoms with van der Waals surface area (Å²) in [6.45, 7) is 2.63. The van der Waals surface area contributed by atoms with Crippen molar-refractivity contribution in [2.45, 2.75) is 13.3 Å². The molecule has 2 aromatic heterocycles. The van der Waals surface area contributed by atoms with E-state index in [1.807, 2.05) is 30.9 Å². The Morgan fingerprint density at radius 3 is 3.00 bits per heavy atom. The number of pyridine rings is 1. The number of fused-ring (bicyclic) bond motifs is 1. The molecule has 0 unspecified atom stereocenters. The lowest BCUT2D eigenvalue weighted by Crippen LogP contribution is -2.04. The second kappa shape index (κ2) is 3.38. The minimum Gasteiger partial charge on any atom is -0.330 e. The van der Waals surface area contributed by atoms with Crippen molar-refractivity contribution in [3.8, 4) is 0 Å². The average molecular weight is 190 g/mol. The number of nitrogens with two attached hydrogens (primary N) is 1. The van der Waals surface area contributed by atoms with Crippen LogP contribution in [0, 0.1) is 6.92 Å². The van der Waals surface area contributed by atoms with Crippen molar-refractivity contribution >= 4 is 10.9 Å². The third-order valence-electron chi connectivity index (χ3n) is 2.40. The molecule has 0 aliphatic rings. The highest BCUT2D eigenvalue weighted by Crippen LogP contribution is 2.19. The zero-order valence-corrected chi connectivity index (χ0v) is 8.49. The Morgan fingerprint density at radius 2 is 2.29 bits per heavy atom. The first kappa shape index (κ1) is 9.15. The van der Waals surface area contributed by atoms with E-state index < -0.39 is 0 Å². The summed E-state index contributed by atoms with van der Waals surface area (Å²) in [6, 6.07) is 1.98. The Balaban J connectivity index is 2.72. The molecule has 0 bridgehead atoms. The lowest BCUT2D eigenvalue weighted by molar-refractivity contribution is 0.783. The van der Waals surface area contributed by atoms with E-state index in [0.29, 0.717) is 6.54 Å². The van der Waals surface area contributed by atoms with Crippen LogP contribution in [0.4, 0.5) is 0 Å². The third-order valence-corrected chi connectivity index (χ3v) is 2.40. The van der Waals surface area contributed by atoms with Crippen LogP contribution in [0.25, 0.3) is 10.9 Å². The van der Waals surface area contributed by atoms with Gasteiger partial charge in [0.15, 0.2) is 0 Å². The summed E-state index contributed by atoms with van der Waals surface area (Å²) in [5.74, 6) is 0. The Hall–Kier alpha value is -1.42. The van der Waals surface area contributed by atoms with Crippen LogP contribution in [0.1, 0.15) is 11.4 Å². The molecule has 74 valence electrons. The first-order valence-electron chi connectivity index (χ1n) is 4.71. The predicted molar refractivity (Wildman–Crippen MR) is 56.0 cm³/mol. The molecule has 0 aliphatic heterocycles. The molecule has 2 rings (SSSR count). The molecule has 2 heterocycles. The van der Waals surface area contributed by atoms with Gasteiger partial charge in [-0.15, -0.1) is 0 Å². The lowest BCUT2D eigenvalue weighted by atomic mass is 10.1. The molecule has 0 saturated heterocycles. The molecule has 0 atom stereocenters. The molecule has 2 aromatic rings. The number of rotatable bonds is 2. The van der Waals surface area contributed by atoms with E-state index in [1.165, 1.54) is 0 Å². The molecule has 4 heteroatoms. The molecule has 14 heavy (non-hydrogen) atoms. The number of aryl methyl sites for hydroxylation is 2.